The maximum atomic E-state index is 11.6. The van der Waals surface area contributed by atoms with Gasteiger partial charge in [-0.1, -0.05) is 6.07 Å². The van der Waals surface area contributed by atoms with Crippen molar-refractivity contribution in [1.82, 2.24) is 4.90 Å². The van der Waals surface area contributed by atoms with Gasteiger partial charge in [0.1, 0.15) is 0 Å². The highest BCUT2D eigenvalue weighted by molar-refractivity contribution is 9.13. The lowest BCUT2D eigenvalue weighted by atomic mass is 9.89. The maximum Gasteiger partial charge on any atom is 0.308 e. The third kappa shape index (κ3) is 3.26. The molecule has 2 rings (SSSR count). The van der Waals surface area contributed by atoms with Crippen LogP contribution in [0, 0.1) is 5.92 Å². The van der Waals surface area contributed by atoms with Gasteiger partial charge < -0.3 is 5.11 Å². The number of carbonyl (C=O) groups is 1. The Morgan fingerprint density at radius 2 is 1.90 bits per heavy atom. The van der Waals surface area contributed by atoms with Crippen LogP contribution in [0.25, 0.3) is 0 Å². The lowest BCUT2D eigenvalue weighted by Crippen LogP contribution is -2.40. The maximum absolute atomic E-state index is 11.6. The summed E-state index contributed by atoms with van der Waals surface area (Å²) < 4.78 is 1.95. The van der Waals surface area contributed by atoms with Gasteiger partial charge in [-0.25, -0.2) is 0 Å². The molecule has 5 heteroatoms. The number of hydrogen-bond acceptors (Lipinski definition) is 2. The number of halogens is 2. The molecule has 1 N–H and O–H groups in total. The van der Waals surface area contributed by atoms with E-state index in [2.05, 4.69) is 57.5 Å². The Kier molecular flexibility index (Phi) is 4.62. The molecule has 110 valence electrons. The Morgan fingerprint density at radius 1 is 1.25 bits per heavy atom. The molecule has 1 saturated heterocycles. The molecule has 2 atom stereocenters. The van der Waals surface area contributed by atoms with Crippen molar-refractivity contribution in [3.63, 3.8) is 0 Å². The van der Waals surface area contributed by atoms with Crippen molar-refractivity contribution in [2.45, 2.75) is 32.2 Å². The van der Waals surface area contributed by atoms with Gasteiger partial charge in [0, 0.05) is 33.5 Å². The molecule has 1 aliphatic heterocycles. The fourth-order valence-corrected chi connectivity index (χ4v) is 3.33. The summed E-state index contributed by atoms with van der Waals surface area (Å²) in [6.45, 7) is 7.79. The van der Waals surface area contributed by atoms with Gasteiger partial charge in [0.2, 0.25) is 0 Å². The van der Waals surface area contributed by atoms with Gasteiger partial charge >= 0.3 is 5.97 Å². The first-order valence-corrected chi connectivity index (χ1v) is 8.21. The Hall–Kier alpha value is -0.390. The molecule has 1 fully saturated rings. The molecule has 0 aromatic heterocycles. The molecule has 3 nitrogen and oxygen atoms in total. The van der Waals surface area contributed by atoms with Crippen molar-refractivity contribution in [3.8, 4) is 0 Å². The lowest BCUT2D eigenvalue weighted by molar-refractivity contribution is -0.141. The van der Waals surface area contributed by atoms with E-state index in [1.165, 1.54) is 0 Å². The highest BCUT2D eigenvalue weighted by Gasteiger charge is 2.42. The minimum Gasteiger partial charge on any atom is -0.481 e. The number of aliphatic carboxylic acids is 1. The monoisotopic (exact) mass is 403 g/mol. The molecule has 1 heterocycles. The third-order valence-electron chi connectivity index (χ3n) is 3.96. The molecule has 0 spiro atoms. The smallest absolute Gasteiger partial charge is 0.308 e. The zero-order valence-corrected chi connectivity index (χ0v) is 15.0. The highest BCUT2D eigenvalue weighted by atomic mass is 79.9. The second-order valence-electron chi connectivity index (χ2n) is 6.30. The quantitative estimate of drug-likeness (QED) is 0.806. The Morgan fingerprint density at radius 3 is 2.40 bits per heavy atom. The first-order chi connectivity index (χ1) is 9.20. The van der Waals surface area contributed by atoms with Crippen LogP contribution in [0.1, 0.15) is 32.3 Å². The van der Waals surface area contributed by atoms with Crippen LogP contribution in [0.15, 0.2) is 27.1 Å². The SMILES string of the molecule is CC(C)(C)N1C[C@@H](C(=O)O)[C@H](c2ccc(Br)c(Br)c2)C1. The molecule has 0 bridgehead atoms. The summed E-state index contributed by atoms with van der Waals surface area (Å²) in [4.78, 5) is 13.8. The standard InChI is InChI=1S/C15H19Br2NO2/c1-15(2,3)18-7-10(11(8-18)14(19)20)9-4-5-12(16)13(17)6-9/h4-6,10-11H,7-8H2,1-3H3,(H,19,20)/t10-,11+/m0/s1. The topological polar surface area (TPSA) is 40.5 Å². The minimum atomic E-state index is -0.708. The van der Waals surface area contributed by atoms with Crippen LogP contribution in [0.2, 0.25) is 0 Å². The Labute approximate surface area is 136 Å². The van der Waals surface area contributed by atoms with Crippen molar-refractivity contribution in [3.05, 3.63) is 32.7 Å². The summed E-state index contributed by atoms with van der Waals surface area (Å²) >= 11 is 6.95. The van der Waals surface area contributed by atoms with Gasteiger partial charge in [-0.3, -0.25) is 9.69 Å². The van der Waals surface area contributed by atoms with Gasteiger partial charge in [0.15, 0.2) is 0 Å². The summed E-state index contributed by atoms with van der Waals surface area (Å²) in [5.74, 6) is -1.01. The van der Waals surface area contributed by atoms with Crippen LogP contribution >= 0.6 is 31.9 Å². The number of carboxylic acid groups (broad SMARTS) is 1. The summed E-state index contributed by atoms with van der Waals surface area (Å²) in [5, 5.41) is 9.50. The van der Waals surface area contributed by atoms with Gasteiger partial charge in [-0.15, -0.1) is 0 Å². The summed E-state index contributed by atoms with van der Waals surface area (Å²) in [6, 6.07) is 6.01. The van der Waals surface area contributed by atoms with E-state index in [4.69, 9.17) is 0 Å². The van der Waals surface area contributed by atoms with Crippen molar-refractivity contribution in [2.75, 3.05) is 13.1 Å². The van der Waals surface area contributed by atoms with E-state index in [1.54, 1.807) is 0 Å². The average molecular weight is 405 g/mol. The number of nitrogens with zero attached hydrogens (tertiary/aromatic N) is 1. The predicted molar refractivity (Wildman–Crippen MR) is 87.0 cm³/mol. The molecule has 1 aromatic rings. The summed E-state index contributed by atoms with van der Waals surface area (Å²) in [7, 11) is 0. The molecular formula is C15H19Br2NO2. The van der Waals surface area contributed by atoms with Crippen molar-refractivity contribution in [1.29, 1.82) is 0 Å². The predicted octanol–water partition coefficient (Wildman–Crippen LogP) is 4.11. The second kappa shape index (κ2) is 5.78. The van der Waals surface area contributed by atoms with E-state index >= 15 is 0 Å². The van der Waals surface area contributed by atoms with Crippen LogP contribution < -0.4 is 0 Å². The average Bonchev–Trinajstić information content (AvgIpc) is 2.77. The molecule has 0 radical (unpaired) electrons. The fraction of sp³-hybridized carbons (Fsp3) is 0.533. The van der Waals surface area contributed by atoms with E-state index in [0.717, 1.165) is 21.1 Å². The van der Waals surface area contributed by atoms with Crippen molar-refractivity contribution in [2.24, 2.45) is 5.92 Å². The van der Waals surface area contributed by atoms with Gasteiger partial charge in [-0.2, -0.15) is 0 Å². The zero-order valence-electron chi connectivity index (χ0n) is 11.9. The van der Waals surface area contributed by atoms with Gasteiger partial charge in [-0.05, 0) is 70.3 Å². The number of benzene rings is 1. The summed E-state index contributed by atoms with van der Waals surface area (Å²) in [6.07, 6.45) is 0. The van der Waals surface area contributed by atoms with Crippen molar-refractivity contribution >= 4 is 37.8 Å². The largest absolute Gasteiger partial charge is 0.481 e. The van der Waals surface area contributed by atoms with Gasteiger partial charge in [0.25, 0.3) is 0 Å². The van der Waals surface area contributed by atoms with E-state index in [-0.39, 0.29) is 17.4 Å². The molecule has 1 aliphatic rings. The van der Waals surface area contributed by atoms with Crippen LogP contribution in [-0.2, 0) is 4.79 Å². The number of carboxylic acids is 1. The van der Waals surface area contributed by atoms with Crippen LogP contribution in [0.5, 0.6) is 0 Å². The second-order valence-corrected chi connectivity index (χ2v) is 8.01. The van der Waals surface area contributed by atoms with Crippen LogP contribution in [-0.4, -0.2) is 34.6 Å². The molecule has 0 unspecified atom stereocenters. The zero-order chi connectivity index (χ0) is 15.1. The molecule has 0 amide bonds. The summed E-state index contributed by atoms with van der Waals surface area (Å²) in [5.41, 5.74) is 1.08. The van der Waals surface area contributed by atoms with Gasteiger partial charge in [0.05, 0.1) is 5.92 Å². The van der Waals surface area contributed by atoms with Crippen LogP contribution in [0.3, 0.4) is 0 Å². The molecule has 0 saturated carbocycles. The fourth-order valence-electron chi connectivity index (χ4n) is 2.68. The molecule has 20 heavy (non-hydrogen) atoms. The molecular weight excluding hydrogens is 386 g/mol. The van der Waals surface area contributed by atoms with Crippen LogP contribution in [0.4, 0.5) is 0 Å². The number of hydrogen-bond donors (Lipinski definition) is 1. The third-order valence-corrected chi connectivity index (χ3v) is 5.84. The lowest BCUT2D eigenvalue weighted by Gasteiger charge is -2.31. The van der Waals surface area contributed by atoms with E-state index in [9.17, 15) is 9.90 Å². The molecule has 1 aromatic carbocycles. The van der Waals surface area contributed by atoms with E-state index < -0.39 is 5.97 Å². The molecule has 0 aliphatic carbocycles. The first-order valence-electron chi connectivity index (χ1n) is 6.63. The number of likely N-dealkylation sites (tertiary alicyclic amines) is 1. The Balaban J connectivity index is 2.32. The first kappa shape index (κ1) is 16.0. The Bertz CT molecular complexity index is 525. The van der Waals surface area contributed by atoms with Crippen molar-refractivity contribution < 1.29 is 9.90 Å². The van der Waals surface area contributed by atoms with E-state index in [1.807, 2.05) is 18.2 Å². The normalized spacial score (nSPS) is 24.1. The highest BCUT2D eigenvalue weighted by Crippen LogP contribution is 2.38. The van der Waals surface area contributed by atoms with E-state index in [0.29, 0.717) is 6.54 Å². The minimum absolute atomic E-state index is 0.00491. The number of rotatable bonds is 2.